The van der Waals surface area contributed by atoms with Gasteiger partial charge < -0.3 is 9.47 Å². The number of hydrogen-bond acceptors (Lipinski definition) is 3. The molecule has 0 aliphatic heterocycles. The summed E-state index contributed by atoms with van der Waals surface area (Å²) < 4.78 is 3.37. The standard InChI is InChI=1S/C20H25N3OS/c1-12(2)23-13(3)11-16(14(23)4)20(24)22(6)15(5)19-21-17-9-7-8-10-18(17)25-19/h7-12,15H,1-6H3/t15-/m1/s1. The average Bonchev–Trinajstić information content (AvgIpc) is 3.13. The molecule has 0 fully saturated rings. The van der Waals surface area contributed by atoms with E-state index >= 15 is 0 Å². The summed E-state index contributed by atoms with van der Waals surface area (Å²) in [5.41, 5.74) is 3.92. The van der Waals surface area contributed by atoms with Crippen molar-refractivity contribution in [2.45, 2.75) is 46.7 Å². The van der Waals surface area contributed by atoms with Gasteiger partial charge in [0.2, 0.25) is 0 Å². The molecular weight excluding hydrogens is 330 g/mol. The van der Waals surface area contributed by atoms with Gasteiger partial charge in [-0.05, 0) is 52.8 Å². The van der Waals surface area contributed by atoms with Crippen LogP contribution in [-0.4, -0.2) is 27.4 Å². The highest BCUT2D eigenvalue weighted by Gasteiger charge is 2.25. The zero-order chi connectivity index (χ0) is 18.3. The van der Waals surface area contributed by atoms with Gasteiger partial charge >= 0.3 is 0 Å². The molecular formula is C20H25N3OS. The van der Waals surface area contributed by atoms with Crippen LogP contribution in [0.4, 0.5) is 0 Å². The maximum absolute atomic E-state index is 13.1. The summed E-state index contributed by atoms with van der Waals surface area (Å²) in [6.45, 7) is 10.4. The lowest BCUT2D eigenvalue weighted by Crippen LogP contribution is -2.30. The van der Waals surface area contributed by atoms with Crippen LogP contribution in [0.1, 0.15) is 59.6 Å². The number of nitrogens with zero attached hydrogens (tertiary/aromatic N) is 3. The van der Waals surface area contributed by atoms with Gasteiger partial charge in [0, 0.05) is 24.5 Å². The highest BCUT2D eigenvalue weighted by molar-refractivity contribution is 7.18. The van der Waals surface area contributed by atoms with Crippen molar-refractivity contribution in [3.05, 3.63) is 52.3 Å². The fraction of sp³-hybridized carbons (Fsp3) is 0.400. The van der Waals surface area contributed by atoms with E-state index in [-0.39, 0.29) is 11.9 Å². The summed E-state index contributed by atoms with van der Waals surface area (Å²) in [5.74, 6) is 0.0479. The van der Waals surface area contributed by atoms with E-state index in [1.165, 1.54) is 0 Å². The van der Waals surface area contributed by atoms with E-state index in [2.05, 4.69) is 31.4 Å². The number of para-hydroxylation sites is 1. The van der Waals surface area contributed by atoms with Gasteiger partial charge in [-0.25, -0.2) is 4.98 Å². The summed E-state index contributed by atoms with van der Waals surface area (Å²) in [4.78, 5) is 19.6. The highest BCUT2D eigenvalue weighted by atomic mass is 32.1. The largest absolute Gasteiger partial charge is 0.346 e. The topological polar surface area (TPSA) is 38.1 Å². The minimum atomic E-state index is -0.0630. The van der Waals surface area contributed by atoms with Crippen molar-refractivity contribution in [3.8, 4) is 0 Å². The first-order valence-electron chi connectivity index (χ1n) is 8.62. The normalized spacial score (nSPS) is 12.8. The van der Waals surface area contributed by atoms with Gasteiger partial charge in [-0.15, -0.1) is 11.3 Å². The third-order valence-corrected chi connectivity index (χ3v) is 6.01. The third-order valence-electron chi connectivity index (χ3n) is 4.80. The second kappa shape index (κ2) is 6.64. The molecule has 3 aromatic rings. The molecule has 5 heteroatoms. The Morgan fingerprint density at radius 3 is 2.48 bits per heavy atom. The number of carbonyl (C=O) groups is 1. The van der Waals surface area contributed by atoms with Crippen LogP contribution in [0.25, 0.3) is 10.2 Å². The van der Waals surface area contributed by atoms with Gasteiger partial charge in [-0.3, -0.25) is 4.79 Å². The monoisotopic (exact) mass is 355 g/mol. The smallest absolute Gasteiger partial charge is 0.256 e. The number of aromatic nitrogens is 2. The molecule has 25 heavy (non-hydrogen) atoms. The first kappa shape index (κ1) is 17.7. The average molecular weight is 356 g/mol. The number of rotatable bonds is 4. The second-order valence-electron chi connectivity index (χ2n) is 6.86. The summed E-state index contributed by atoms with van der Waals surface area (Å²) in [7, 11) is 1.86. The molecule has 4 nitrogen and oxygen atoms in total. The van der Waals surface area contributed by atoms with Gasteiger partial charge in [0.05, 0.1) is 21.8 Å². The quantitative estimate of drug-likeness (QED) is 0.651. The first-order chi connectivity index (χ1) is 11.8. The van der Waals surface area contributed by atoms with Crippen LogP contribution in [-0.2, 0) is 0 Å². The molecule has 2 aromatic heterocycles. The SMILES string of the molecule is Cc1cc(C(=O)N(C)[C@H](C)c2nc3ccccc3s2)c(C)n1C(C)C. The third kappa shape index (κ3) is 3.09. The number of fused-ring (bicyclic) bond motifs is 1. The van der Waals surface area contributed by atoms with Crippen LogP contribution in [0.2, 0.25) is 0 Å². The molecule has 0 radical (unpaired) electrons. The van der Waals surface area contributed by atoms with Gasteiger partial charge in [-0.2, -0.15) is 0 Å². The molecule has 0 saturated carbocycles. The molecule has 2 heterocycles. The van der Waals surface area contributed by atoms with E-state index in [0.717, 1.165) is 32.2 Å². The van der Waals surface area contributed by atoms with E-state index in [9.17, 15) is 4.79 Å². The molecule has 1 aromatic carbocycles. The van der Waals surface area contributed by atoms with Crippen molar-refractivity contribution < 1.29 is 4.79 Å². The Labute approximate surface area is 153 Å². The van der Waals surface area contributed by atoms with Crippen molar-refractivity contribution in [1.82, 2.24) is 14.5 Å². The van der Waals surface area contributed by atoms with Crippen LogP contribution >= 0.6 is 11.3 Å². The van der Waals surface area contributed by atoms with Crippen LogP contribution in [0.5, 0.6) is 0 Å². The lowest BCUT2D eigenvalue weighted by atomic mass is 10.2. The lowest BCUT2D eigenvalue weighted by Gasteiger charge is -2.23. The predicted octanol–water partition coefficient (Wildman–Crippen LogP) is 5.13. The van der Waals surface area contributed by atoms with Crippen molar-refractivity contribution in [2.24, 2.45) is 0 Å². The minimum Gasteiger partial charge on any atom is -0.346 e. The van der Waals surface area contributed by atoms with Crippen LogP contribution in [0.15, 0.2) is 30.3 Å². The molecule has 0 spiro atoms. The molecule has 3 rings (SSSR count). The van der Waals surface area contributed by atoms with Crippen molar-refractivity contribution in [3.63, 3.8) is 0 Å². The Bertz CT molecular complexity index is 889. The van der Waals surface area contributed by atoms with Gasteiger partial charge in [0.1, 0.15) is 5.01 Å². The molecule has 0 N–H and O–H groups in total. The molecule has 0 bridgehead atoms. The Kier molecular flexibility index (Phi) is 4.69. The number of benzene rings is 1. The summed E-state index contributed by atoms with van der Waals surface area (Å²) >= 11 is 1.65. The summed E-state index contributed by atoms with van der Waals surface area (Å²) in [6, 6.07) is 10.4. The number of thiazole rings is 1. The van der Waals surface area contributed by atoms with E-state index in [0.29, 0.717) is 6.04 Å². The maximum Gasteiger partial charge on any atom is 0.256 e. The molecule has 1 atom stereocenters. The predicted molar refractivity (Wildman–Crippen MR) is 104 cm³/mol. The Hall–Kier alpha value is -2.14. The lowest BCUT2D eigenvalue weighted by molar-refractivity contribution is 0.0741. The minimum absolute atomic E-state index is 0.0479. The molecule has 0 saturated heterocycles. The van der Waals surface area contributed by atoms with Crippen molar-refractivity contribution >= 4 is 27.5 Å². The zero-order valence-electron chi connectivity index (χ0n) is 15.7. The van der Waals surface area contributed by atoms with E-state index < -0.39 is 0 Å². The Balaban J connectivity index is 1.90. The Morgan fingerprint density at radius 2 is 1.88 bits per heavy atom. The zero-order valence-corrected chi connectivity index (χ0v) is 16.5. The first-order valence-corrected chi connectivity index (χ1v) is 9.44. The highest BCUT2D eigenvalue weighted by Crippen LogP contribution is 2.30. The van der Waals surface area contributed by atoms with E-state index in [1.54, 1.807) is 16.2 Å². The van der Waals surface area contributed by atoms with Crippen molar-refractivity contribution in [1.29, 1.82) is 0 Å². The number of amides is 1. The molecule has 0 unspecified atom stereocenters. The molecule has 132 valence electrons. The molecule has 0 aliphatic carbocycles. The fourth-order valence-corrected chi connectivity index (χ4v) is 4.45. The van der Waals surface area contributed by atoms with Crippen LogP contribution < -0.4 is 0 Å². The van der Waals surface area contributed by atoms with Crippen molar-refractivity contribution in [2.75, 3.05) is 7.05 Å². The van der Waals surface area contributed by atoms with Gasteiger partial charge in [0.25, 0.3) is 5.91 Å². The summed E-state index contributed by atoms with van der Waals surface area (Å²) in [5, 5.41) is 0.967. The Morgan fingerprint density at radius 1 is 1.20 bits per heavy atom. The van der Waals surface area contributed by atoms with E-state index in [4.69, 9.17) is 4.98 Å². The summed E-state index contributed by atoms with van der Waals surface area (Å²) in [6.07, 6.45) is 0. The van der Waals surface area contributed by atoms with Gasteiger partial charge in [-0.1, -0.05) is 12.1 Å². The van der Waals surface area contributed by atoms with Gasteiger partial charge in [0.15, 0.2) is 0 Å². The fourth-order valence-electron chi connectivity index (χ4n) is 3.39. The molecule has 0 aliphatic rings. The maximum atomic E-state index is 13.1. The number of carbonyl (C=O) groups excluding carboxylic acids is 1. The number of aryl methyl sites for hydroxylation is 1. The molecule has 1 amide bonds. The van der Waals surface area contributed by atoms with E-state index in [1.807, 2.05) is 45.2 Å². The number of hydrogen-bond donors (Lipinski definition) is 0. The van der Waals surface area contributed by atoms with Crippen LogP contribution in [0, 0.1) is 13.8 Å². The second-order valence-corrected chi connectivity index (χ2v) is 7.92. The van der Waals surface area contributed by atoms with Crippen LogP contribution in [0.3, 0.4) is 0 Å².